The summed E-state index contributed by atoms with van der Waals surface area (Å²) in [5, 5.41) is 13.8. The first-order valence-electron chi connectivity index (χ1n) is 4.69. The molecule has 0 fully saturated rings. The zero-order chi connectivity index (χ0) is 9.90. The molecule has 0 saturated heterocycles. The number of hydrogen-bond donors (Lipinski definition) is 1. The molecule has 0 aliphatic rings. The van der Waals surface area contributed by atoms with Gasteiger partial charge in [0.15, 0.2) is 0 Å². The van der Waals surface area contributed by atoms with E-state index in [4.69, 9.17) is 0 Å². The first-order valence-corrected chi connectivity index (χ1v) is 5.63. The molecule has 0 spiro atoms. The number of thiophene rings is 1. The largest absolute Gasteiger partial charge is 0.388 e. The van der Waals surface area contributed by atoms with Crippen molar-refractivity contribution in [2.75, 3.05) is 0 Å². The van der Waals surface area contributed by atoms with Gasteiger partial charge in [0, 0.05) is 0 Å². The molecule has 0 aromatic carbocycles. The van der Waals surface area contributed by atoms with E-state index in [1.807, 2.05) is 16.8 Å². The fourth-order valence-corrected chi connectivity index (χ4v) is 1.91. The Balaban J connectivity index is 2.39. The van der Waals surface area contributed by atoms with E-state index in [0.717, 1.165) is 18.4 Å². The van der Waals surface area contributed by atoms with Crippen LogP contribution >= 0.6 is 11.3 Å². The van der Waals surface area contributed by atoms with Crippen LogP contribution in [0.4, 0.5) is 0 Å². The zero-order valence-electron chi connectivity index (χ0n) is 8.58. The van der Waals surface area contributed by atoms with Crippen molar-refractivity contribution in [3.05, 3.63) is 22.4 Å². The molecule has 1 N–H and O–H groups in total. The third-order valence-electron chi connectivity index (χ3n) is 2.10. The van der Waals surface area contributed by atoms with Gasteiger partial charge < -0.3 is 5.11 Å². The maximum atomic E-state index is 9.78. The Morgan fingerprint density at radius 3 is 2.62 bits per heavy atom. The molecule has 0 aliphatic heterocycles. The fourth-order valence-electron chi connectivity index (χ4n) is 1.20. The molecule has 0 aliphatic carbocycles. The Kier molecular flexibility index (Phi) is 3.51. The summed E-state index contributed by atoms with van der Waals surface area (Å²) >= 11 is 1.64. The van der Waals surface area contributed by atoms with Crippen LogP contribution in [0.25, 0.3) is 0 Å². The van der Waals surface area contributed by atoms with Crippen molar-refractivity contribution in [3.63, 3.8) is 0 Å². The van der Waals surface area contributed by atoms with E-state index in [0.29, 0.717) is 5.41 Å². The maximum Gasteiger partial charge on any atom is 0.0798 e. The van der Waals surface area contributed by atoms with Crippen LogP contribution in [0, 0.1) is 5.41 Å². The minimum absolute atomic E-state index is 0.273. The molecule has 1 nitrogen and oxygen atoms in total. The molecule has 74 valence electrons. The van der Waals surface area contributed by atoms with Crippen LogP contribution < -0.4 is 0 Å². The van der Waals surface area contributed by atoms with Gasteiger partial charge in [0.2, 0.25) is 0 Å². The number of rotatable bonds is 3. The monoisotopic (exact) mass is 198 g/mol. The molecule has 1 atom stereocenters. The SMILES string of the molecule is CC(C)(C)CCC(O)c1ccsc1. The topological polar surface area (TPSA) is 20.2 Å². The summed E-state index contributed by atoms with van der Waals surface area (Å²) < 4.78 is 0. The molecule has 1 unspecified atom stereocenters. The molecular weight excluding hydrogens is 180 g/mol. The highest BCUT2D eigenvalue weighted by molar-refractivity contribution is 7.07. The first kappa shape index (κ1) is 10.7. The van der Waals surface area contributed by atoms with E-state index in [9.17, 15) is 5.11 Å². The Bertz CT molecular complexity index is 233. The molecular formula is C11H18OS. The lowest BCUT2D eigenvalue weighted by molar-refractivity contribution is 0.148. The van der Waals surface area contributed by atoms with Crippen molar-refractivity contribution in [3.8, 4) is 0 Å². The Hall–Kier alpha value is -0.340. The van der Waals surface area contributed by atoms with Gasteiger partial charge in [-0.3, -0.25) is 0 Å². The van der Waals surface area contributed by atoms with Gasteiger partial charge in [-0.05, 0) is 40.6 Å². The first-order chi connectivity index (χ1) is 5.99. The second-order valence-electron chi connectivity index (χ2n) is 4.67. The van der Waals surface area contributed by atoms with Crippen molar-refractivity contribution in [1.29, 1.82) is 0 Å². The van der Waals surface area contributed by atoms with E-state index in [1.165, 1.54) is 0 Å². The summed E-state index contributed by atoms with van der Waals surface area (Å²) in [5.74, 6) is 0. The van der Waals surface area contributed by atoms with Gasteiger partial charge >= 0.3 is 0 Å². The summed E-state index contributed by atoms with van der Waals surface area (Å²) in [6.07, 6.45) is 1.65. The van der Waals surface area contributed by atoms with E-state index >= 15 is 0 Å². The normalized spacial score (nSPS) is 14.5. The van der Waals surface area contributed by atoms with Gasteiger partial charge in [-0.15, -0.1) is 0 Å². The van der Waals surface area contributed by atoms with Crippen LogP contribution in [0.1, 0.15) is 45.3 Å². The molecule has 1 aromatic rings. The van der Waals surface area contributed by atoms with Crippen molar-refractivity contribution in [1.82, 2.24) is 0 Å². The second-order valence-corrected chi connectivity index (χ2v) is 5.45. The van der Waals surface area contributed by atoms with Gasteiger partial charge in [0.1, 0.15) is 0 Å². The average Bonchev–Trinajstić information content (AvgIpc) is 2.50. The van der Waals surface area contributed by atoms with E-state index in [-0.39, 0.29) is 6.10 Å². The summed E-state index contributed by atoms with van der Waals surface area (Å²) in [5.41, 5.74) is 1.38. The quantitative estimate of drug-likeness (QED) is 0.786. The lowest BCUT2D eigenvalue weighted by Gasteiger charge is -2.19. The lowest BCUT2D eigenvalue weighted by atomic mass is 9.88. The van der Waals surface area contributed by atoms with Crippen molar-refractivity contribution in [2.24, 2.45) is 5.41 Å². The molecule has 1 heterocycles. The Morgan fingerprint density at radius 1 is 1.46 bits per heavy atom. The molecule has 1 rings (SSSR count). The van der Waals surface area contributed by atoms with Crippen LogP contribution in [-0.4, -0.2) is 5.11 Å². The fraction of sp³-hybridized carbons (Fsp3) is 0.636. The summed E-state index contributed by atoms with van der Waals surface area (Å²) in [4.78, 5) is 0. The van der Waals surface area contributed by atoms with Crippen LogP contribution in [0.2, 0.25) is 0 Å². The van der Waals surface area contributed by atoms with E-state index in [1.54, 1.807) is 11.3 Å². The standard InChI is InChI=1S/C11H18OS/c1-11(2,3)6-4-10(12)9-5-7-13-8-9/h5,7-8,10,12H,4,6H2,1-3H3. The Morgan fingerprint density at radius 2 is 2.15 bits per heavy atom. The summed E-state index contributed by atoms with van der Waals surface area (Å²) in [6.45, 7) is 6.61. The van der Waals surface area contributed by atoms with Gasteiger partial charge in [-0.1, -0.05) is 20.8 Å². The highest BCUT2D eigenvalue weighted by atomic mass is 32.1. The number of hydrogen-bond acceptors (Lipinski definition) is 2. The van der Waals surface area contributed by atoms with Crippen molar-refractivity contribution >= 4 is 11.3 Å². The van der Waals surface area contributed by atoms with Crippen LogP contribution in [0.5, 0.6) is 0 Å². The summed E-state index contributed by atoms with van der Waals surface area (Å²) in [7, 11) is 0. The van der Waals surface area contributed by atoms with Gasteiger partial charge in [0.05, 0.1) is 6.10 Å². The highest BCUT2D eigenvalue weighted by Crippen LogP contribution is 2.27. The molecule has 0 radical (unpaired) electrons. The molecule has 0 bridgehead atoms. The summed E-state index contributed by atoms with van der Waals surface area (Å²) in [6, 6.07) is 2.00. The Labute approximate surface area is 84.4 Å². The second kappa shape index (κ2) is 4.25. The highest BCUT2D eigenvalue weighted by Gasteiger charge is 2.14. The van der Waals surface area contributed by atoms with E-state index < -0.39 is 0 Å². The molecule has 0 saturated carbocycles. The van der Waals surface area contributed by atoms with E-state index in [2.05, 4.69) is 20.8 Å². The van der Waals surface area contributed by atoms with Crippen LogP contribution in [0.15, 0.2) is 16.8 Å². The third-order valence-corrected chi connectivity index (χ3v) is 2.80. The predicted molar refractivity (Wildman–Crippen MR) is 58.0 cm³/mol. The minimum atomic E-state index is -0.273. The smallest absolute Gasteiger partial charge is 0.0798 e. The van der Waals surface area contributed by atoms with Crippen LogP contribution in [0.3, 0.4) is 0 Å². The molecule has 1 aromatic heterocycles. The van der Waals surface area contributed by atoms with Gasteiger partial charge in [-0.25, -0.2) is 0 Å². The molecule has 0 amide bonds. The van der Waals surface area contributed by atoms with Crippen molar-refractivity contribution < 1.29 is 5.11 Å². The molecule has 2 heteroatoms. The lowest BCUT2D eigenvalue weighted by Crippen LogP contribution is -2.07. The van der Waals surface area contributed by atoms with Gasteiger partial charge in [0.25, 0.3) is 0 Å². The zero-order valence-corrected chi connectivity index (χ0v) is 9.40. The van der Waals surface area contributed by atoms with Crippen molar-refractivity contribution in [2.45, 2.75) is 39.7 Å². The maximum absolute atomic E-state index is 9.78. The third kappa shape index (κ3) is 3.92. The molecule has 13 heavy (non-hydrogen) atoms. The predicted octanol–water partition coefficient (Wildman–Crippen LogP) is 3.61. The van der Waals surface area contributed by atoms with Crippen LogP contribution in [-0.2, 0) is 0 Å². The number of aliphatic hydroxyl groups is 1. The number of aliphatic hydroxyl groups excluding tert-OH is 1. The average molecular weight is 198 g/mol. The minimum Gasteiger partial charge on any atom is -0.388 e. The van der Waals surface area contributed by atoms with Gasteiger partial charge in [-0.2, -0.15) is 11.3 Å².